The summed E-state index contributed by atoms with van der Waals surface area (Å²) in [5.41, 5.74) is 8.59. The van der Waals surface area contributed by atoms with Crippen LogP contribution in [0.2, 0.25) is 0 Å². The van der Waals surface area contributed by atoms with E-state index in [1.165, 1.54) is 0 Å². The highest BCUT2D eigenvalue weighted by Crippen LogP contribution is 2.18. The number of anilines is 1. The van der Waals surface area contributed by atoms with Gasteiger partial charge >= 0.3 is 5.97 Å². The van der Waals surface area contributed by atoms with Gasteiger partial charge in [-0.05, 0) is 36.8 Å². The Morgan fingerprint density at radius 2 is 2.00 bits per heavy atom. The molecule has 0 aliphatic rings. The van der Waals surface area contributed by atoms with Gasteiger partial charge in [-0.1, -0.05) is 34.1 Å². The van der Waals surface area contributed by atoms with Crippen LogP contribution in [0.25, 0.3) is 0 Å². The van der Waals surface area contributed by atoms with Crippen LogP contribution in [-0.2, 0) is 11.3 Å². The van der Waals surface area contributed by atoms with E-state index in [-0.39, 0.29) is 12.6 Å². The highest BCUT2D eigenvalue weighted by molar-refractivity contribution is 9.10. The predicted molar refractivity (Wildman–Crippen MR) is 78.9 cm³/mol. The van der Waals surface area contributed by atoms with Crippen LogP contribution in [0.5, 0.6) is 0 Å². The molecule has 0 unspecified atom stereocenters. The van der Waals surface area contributed by atoms with Crippen LogP contribution in [0, 0.1) is 6.92 Å². The zero-order valence-electron chi connectivity index (χ0n) is 10.5. The second-order valence-corrected chi connectivity index (χ2v) is 5.10. The van der Waals surface area contributed by atoms with Gasteiger partial charge in [-0.2, -0.15) is 0 Å². The van der Waals surface area contributed by atoms with Gasteiger partial charge in [0, 0.05) is 15.7 Å². The molecule has 0 bridgehead atoms. The van der Waals surface area contributed by atoms with Crippen molar-refractivity contribution < 1.29 is 9.53 Å². The molecule has 2 aromatic carbocycles. The molecule has 0 heterocycles. The fraction of sp³-hybridized carbons (Fsp3) is 0.133. The Morgan fingerprint density at radius 3 is 2.68 bits per heavy atom. The highest BCUT2D eigenvalue weighted by atomic mass is 79.9. The summed E-state index contributed by atoms with van der Waals surface area (Å²) in [5.74, 6) is -0.340. The van der Waals surface area contributed by atoms with E-state index < -0.39 is 0 Å². The van der Waals surface area contributed by atoms with E-state index in [9.17, 15) is 4.79 Å². The Morgan fingerprint density at radius 1 is 1.26 bits per heavy atom. The van der Waals surface area contributed by atoms with Crippen molar-refractivity contribution in [2.45, 2.75) is 13.5 Å². The number of ether oxygens (including phenoxy) is 1. The molecule has 0 saturated heterocycles. The van der Waals surface area contributed by atoms with E-state index in [2.05, 4.69) is 15.9 Å². The third kappa shape index (κ3) is 3.35. The normalized spacial score (nSPS) is 10.2. The lowest BCUT2D eigenvalue weighted by Gasteiger charge is -2.08. The lowest BCUT2D eigenvalue weighted by molar-refractivity contribution is 0.0471. The largest absolute Gasteiger partial charge is 0.457 e. The molecular weight excluding hydrogens is 306 g/mol. The highest BCUT2D eigenvalue weighted by Gasteiger charge is 2.11. The van der Waals surface area contributed by atoms with Crippen molar-refractivity contribution in [1.29, 1.82) is 0 Å². The lowest BCUT2D eigenvalue weighted by atomic mass is 10.1. The average molecular weight is 320 g/mol. The molecule has 0 amide bonds. The number of esters is 1. The Bertz CT molecular complexity index is 611. The first-order valence-electron chi connectivity index (χ1n) is 5.84. The molecule has 0 spiro atoms. The number of nitrogens with two attached hydrogens (primary N) is 1. The summed E-state index contributed by atoms with van der Waals surface area (Å²) in [4.78, 5) is 12.0. The van der Waals surface area contributed by atoms with Crippen molar-refractivity contribution in [2.24, 2.45) is 0 Å². The van der Waals surface area contributed by atoms with Gasteiger partial charge in [-0.25, -0.2) is 4.79 Å². The molecule has 2 N–H and O–H groups in total. The number of carbonyl (C=O) groups excluding carboxylic acids is 1. The van der Waals surface area contributed by atoms with E-state index >= 15 is 0 Å². The zero-order valence-corrected chi connectivity index (χ0v) is 12.1. The minimum Gasteiger partial charge on any atom is -0.457 e. The van der Waals surface area contributed by atoms with E-state index in [1.54, 1.807) is 18.2 Å². The molecule has 19 heavy (non-hydrogen) atoms. The smallest absolute Gasteiger partial charge is 0.338 e. The quantitative estimate of drug-likeness (QED) is 0.693. The van der Waals surface area contributed by atoms with Crippen LogP contribution < -0.4 is 5.73 Å². The molecule has 0 atom stereocenters. The van der Waals surface area contributed by atoms with Gasteiger partial charge in [0.25, 0.3) is 0 Å². The number of hydrogen-bond acceptors (Lipinski definition) is 3. The maximum Gasteiger partial charge on any atom is 0.338 e. The second-order valence-electron chi connectivity index (χ2n) is 4.24. The van der Waals surface area contributed by atoms with Gasteiger partial charge in [0.15, 0.2) is 0 Å². The number of aryl methyl sites for hydroxylation is 1. The minimum atomic E-state index is -0.340. The molecule has 0 saturated carbocycles. The Kier molecular flexibility index (Phi) is 4.22. The van der Waals surface area contributed by atoms with Gasteiger partial charge in [0.2, 0.25) is 0 Å². The van der Waals surface area contributed by atoms with Crippen LogP contribution in [-0.4, -0.2) is 5.97 Å². The summed E-state index contributed by atoms with van der Waals surface area (Å²) in [7, 11) is 0. The summed E-state index contributed by atoms with van der Waals surface area (Å²) >= 11 is 3.42. The van der Waals surface area contributed by atoms with Gasteiger partial charge in [0.1, 0.15) is 6.61 Å². The van der Waals surface area contributed by atoms with Crippen LogP contribution in [0.15, 0.2) is 46.9 Å². The number of hydrogen-bond donors (Lipinski definition) is 1. The Labute approximate surface area is 120 Å². The molecule has 0 aliphatic carbocycles. The predicted octanol–water partition coefficient (Wildman–Crippen LogP) is 3.70. The molecule has 0 radical (unpaired) electrons. The van der Waals surface area contributed by atoms with Crippen molar-refractivity contribution in [3.63, 3.8) is 0 Å². The summed E-state index contributed by atoms with van der Waals surface area (Å²) < 4.78 is 6.23. The van der Waals surface area contributed by atoms with Gasteiger partial charge in [-0.15, -0.1) is 0 Å². The van der Waals surface area contributed by atoms with Gasteiger partial charge < -0.3 is 10.5 Å². The summed E-state index contributed by atoms with van der Waals surface area (Å²) in [6.07, 6.45) is 0. The van der Waals surface area contributed by atoms with Crippen LogP contribution in [0.1, 0.15) is 21.5 Å². The SMILES string of the molecule is Cc1cc(N)ccc1C(=O)OCc1ccccc1Br. The van der Waals surface area contributed by atoms with Gasteiger partial charge in [-0.3, -0.25) is 0 Å². The standard InChI is InChI=1S/C15H14BrNO2/c1-10-8-12(17)6-7-13(10)15(18)19-9-11-4-2-3-5-14(11)16/h2-8H,9,17H2,1H3. The average Bonchev–Trinajstić information content (AvgIpc) is 2.37. The fourth-order valence-electron chi connectivity index (χ4n) is 1.75. The van der Waals surface area contributed by atoms with Gasteiger partial charge in [0.05, 0.1) is 5.56 Å². The molecule has 0 aromatic heterocycles. The number of carbonyl (C=O) groups is 1. The number of benzene rings is 2. The van der Waals surface area contributed by atoms with E-state index in [0.717, 1.165) is 15.6 Å². The van der Waals surface area contributed by atoms with Crippen molar-refractivity contribution in [2.75, 3.05) is 5.73 Å². The molecule has 4 heteroatoms. The molecule has 2 rings (SSSR count). The molecule has 0 aliphatic heterocycles. The van der Waals surface area contributed by atoms with Crippen molar-refractivity contribution in [1.82, 2.24) is 0 Å². The van der Waals surface area contributed by atoms with Crippen molar-refractivity contribution in [3.8, 4) is 0 Å². The lowest BCUT2D eigenvalue weighted by Crippen LogP contribution is -2.07. The second kappa shape index (κ2) is 5.89. The van der Waals surface area contributed by atoms with Crippen LogP contribution >= 0.6 is 15.9 Å². The first kappa shape index (κ1) is 13.6. The van der Waals surface area contributed by atoms with Crippen LogP contribution in [0.3, 0.4) is 0 Å². The first-order chi connectivity index (χ1) is 9.08. The molecule has 2 aromatic rings. The molecule has 3 nitrogen and oxygen atoms in total. The molecular formula is C15H14BrNO2. The third-order valence-corrected chi connectivity index (χ3v) is 3.56. The van der Waals surface area contributed by atoms with E-state index in [0.29, 0.717) is 11.3 Å². The van der Waals surface area contributed by atoms with Crippen molar-refractivity contribution >= 4 is 27.6 Å². The maximum atomic E-state index is 12.0. The Balaban J connectivity index is 2.08. The summed E-state index contributed by atoms with van der Waals surface area (Å²) in [6, 6.07) is 12.8. The Hall–Kier alpha value is -1.81. The van der Waals surface area contributed by atoms with Crippen molar-refractivity contribution in [3.05, 3.63) is 63.6 Å². The van der Waals surface area contributed by atoms with E-state index in [4.69, 9.17) is 10.5 Å². The monoisotopic (exact) mass is 319 g/mol. The topological polar surface area (TPSA) is 52.3 Å². The maximum absolute atomic E-state index is 12.0. The molecule has 98 valence electrons. The number of nitrogen functional groups attached to an aromatic ring is 1. The third-order valence-electron chi connectivity index (χ3n) is 2.79. The molecule has 0 fully saturated rings. The van der Waals surface area contributed by atoms with Crippen LogP contribution in [0.4, 0.5) is 5.69 Å². The first-order valence-corrected chi connectivity index (χ1v) is 6.64. The minimum absolute atomic E-state index is 0.240. The zero-order chi connectivity index (χ0) is 13.8. The summed E-state index contributed by atoms with van der Waals surface area (Å²) in [6.45, 7) is 2.08. The summed E-state index contributed by atoms with van der Waals surface area (Å²) in [5, 5.41) is 0. The number of halogens is 1. The number of rotatable bonds is 3. The van der Waals surface area contributed by atoms with E-state index in [1.807, 2.05) is 31.2 Å². The fourth-order valence-corrected chi connectivity index (χ4v) is 2.15.